The van der Waals surface area contributed by atoms with Crippen LogP contribution in [-0.2, 0) is 24.2 Å². The first-order valence-corrected chi connectivity index (χ1v) is 10.5. The van der Waals surface area contributed by atoms with Crippen molar-refractivity contribution in [1.82, 2.24) is 4.98 Å². The second-order valence-electron chi connectivity index (χ2n) is 7.59. The van der Waals surface area contributed by atoms with E-state index in [4.69, 9.17) is 4.98 Å². The molecule has 1 aliphatic rings. The van der Waals surface area contributed by atoms with E-state index >= 15 is 0 Å². The minimum Gasteiger partial charge on any atom is -0.362 e. The first-order chi connectivity index (χ1) is 13.5. The maximum atomic E-state index is 12.5. The largest absolute Gasteiger partial charge is 0.362 e. The van der Waals surface area contributed by atoms with Crippen molar-refractivity contribution in [3.8, 4) is 0 Å². The van der Waals surface area contributed by atoms with Crippen molar-refractivity contribution in [2.75, 3.05) is 10.2 Å². The molecule has 0 radical (unpaired) electrons. The number of carbonyl (C=O) groups is 1. The van der Waals surface area contributed by atoms with Crippen LogP contribution >= 0.6 is 11.3 Å². The van der Waals surface area contributed by atoms with Gasteiger partial charge in [-0.2, -0.15) is 0 Å². The molecule has 0 fully saturated rings. The van der Waals surface area contributed by atoms with Crippen molar-refractivity contribution in [3.05, 3.63) is 75.2 Å². The number of anilines is 2. The predicted octanol–water partition coefficient (Wildman–Crippen LogP) is 4.89. The summed E-state index contributed by atoms with van der Waals surface area (Å²) in [6.07, 6.45) is 1.38. The number of carbonyl (C=O) groups excluding carboxylic acids is 1. The Hall–Kier alpha value is -2.66. The molecule has 4 nitrogen and oxygen atoms in total. The van der Waals surface area contributed by atoms with Crippen LogP contribution in [0.5, 0.6) is 0 Å². The summed E-state index contributed by atoms with van der Waals surface area (Å²) in [5.41, 5.74) is 6.82. The van der Waals surface area contributed by atoms with Gasteiger partial charge in [-0.3, -0.25) is 4.79 Å². The number of thiazole rings is 1. The fraction of sp³-hybridized carbons (Fsp3) is 0.304. The van der Waals surface area contributed by atoms with Gasteiger partial charge in [0.2, 0.25) is 5.91 Å². The van der Waals surface area contributed by atoms with Crippen LogP contribution in [0, 0.1) is 13.8 Å². The number of nitrogens with zero attached hydrogens (tertiary/aromatic N) is 2. The molecule has 3 aromatic rings. The highest BCUT2D eigenvalue weighted by molar-refractivity contribution is 7.09. The van der Waals surface area contributed by atoms with Crippen LogP contribution < -0.4 is 10.2 Å². The number of hydrogen-bond acceptors (Lipinski definition) is 4. The van der Waals surface area contributed by atoms with Crippen LogP contribution in [0.15, 0.2) is 47.8 Å². The number of rotatable bonds is 5. The molecular weight excluding hydrogens is 366 g/mol. The van der Waals surface area contributed by atoms with E-state index in [1.807, 2.05) is 26.0 Å². The molecule has 1 unspecified atom stereocenters. The van der Waals surface area contributed by atoms with Gasteiger partial charge in [-0.1, -0.05) is 30.3 Å². The van der Waals surface area contributed by atoms with Gasteiger partial charge in [0.15, 0.2) is 0 Å². The van der Waals surface area contributed by atoms with Gasteiger partial charge in [0, 0.05) is 22.8 Å². The summed E-state index contributed by atoms with van der Waals surface area (Å²) >= 11 is 1.56. The third kappa shape index (κ3) is 3.94. The van der Waals surface area contributed by atoms with E-state index in [1.165, 1.54) is 11.3 Å². The van der Waals surface area contributed by atoms with Crippen molar-refractivity contribution in [2.45, 2.75) is 46.2 Å². The Morgan fingerprint density at radius 1 is 1.25 bits per heavy atom. The lowest BCUT2D eigenvalue weighted by atomic mass is 10.1. The summed E-state index contributed by atoms with van der Waals surface area (Å²) in [5.74, 6) is -0.0190. The molecule has 0 saturated heterocycles. The van der Waals surface area contributed by atoms with Gasteiger partial charge in [-0.05, 0) is 56.0 Å². The minimum atomic E-state index is -0.0190. The van der Waals surface area contributed by atoms with Gasteiger partial charge in [0.05, 0.1) is 18.7 Å². The maximum absolute atomic E-state index is 12.5. The number of amides is 1. The molecule has 0 bridgehead atoms. The number of aromatic nitrogens is 1. The predicted molar refractivity (Wildman–Crippen MR) is 116 cm³/mol. The maximum Gasteiger partial charge on any atom is 0.231 e. The Balaban J connectivity index is 1.41. The van der Waals surface area contributed by atoms with Gasteiger partial charge in [0.25, 0.3) is 0 Å². The molecule has 0 aliphatic carbocycles. The zero-order valence-electron chi connectivity index (χ0n) is 16.5. The van der Waals surface area contributed by atoms with E-state index in [2.05, 4.69) is 52.9 Å². The number of fused-ring (bicyclic) bond motifs is 1. The first-order valence-electron chi connectivity index (χ1n) is 9.64. The Kier molecular flexibility index (Phi) is 5.18. The monoisotopic (exact) mass is 391 g/mol. The number of nitrogens with one attached hydrogen (secondary N) is 1. The summed E-state index contributed by atoms with van der Waals surface area (Å²) in [6, 6.07) is 15.1. The fourth-order valence-electron chi connectivity index (χ4n) is 3.75. The quantitative estimate of drug-likeness (QED) is 0.673. The minimum absolute atomic E-state index is 0.0190. The normalized spacial score (nSPS) is 15.5. The third-order valence-corrected chi connectivity index (χ3v) is 6.16. The highest BCUT2D eigenvalue weighted by Gasteiger charge is 2.26. The average molecular weight is 392 g/mol. The van der Waals surface area contributed by atoms with Gasteiger partial charge >= 0.3 is 0 Å². The lowest BCUT2D eigenvalue weighted by Crippen LogP contribution is -2.28. The van der Waals surface area contributed by atoms with Crippen molar-refractivity contribution in [2.24, 2.45) is 0 Å². The number of para-hydroxylation sites is 1. The van der Waals surface area contributed by atoms with Crippen molar-refractivity contribution in [3.63, 3.8) is 0 Å². The standard InChI is InChI=1S/C23H25N3OS/c1-15-8-9-16(2)20(10-15)25-22(27)12-23-24-19(14-28-23)13-26-17(3)11-18-6-4-5-7-21(18)26/h4-10,14,17H,11-13H2,1-3H3,(H,25,27). The van der Waals surface area contributed by atoms with Crippen LogP contribution in [-0.4, -0.2) is 16.9 Å². The molecule has 2 heterocycles. The Morgan fingerprint density at radius 3 is 2.93 bits per heavy atom. The average Bonchev–Trinajstić information content (AvgIpc) is 3.23. The second kappa shape index (κ2) is 7.76. The molecule has 0 spiro atoms. The topological polar surface area (TPSA) is 45.2 Å². The van der Waals surface area contributed by atoms with Crippen molar-refractivity contribution >= 4 is 28.6 Å². The van der Waals surface area contributed by atoms with E-state index in [9.17, 15) is 4.79 Å². The second-order valence-corrected chi connectivity index (χ2v) is 8.53. The van der Waals surface area contributed by atoms with Crippen molar-refractivity contribution < 1.29 is 4.79 Å². The zero-order chi connectivity index (χ0) is 19.7. The third-order valence-electron chi connectivity index (χ3n) is 5.26. The molecule has 144 valence electrons. The zero-order valence-corrected chi connectivity index (χ0v) is 17.3. The molecule has 0 saturated carbocycles. The van der Waals surface area contributed by atoms with Gasteiger partial charge in [-0.25, -0.2) is 4.98 Å². The van der Waals surface area contributed by atoms with Gasteiger partial charge in [-0.15, -0.1) is 11.3 Å². The highest BCUT2D eigenvalue weighted by atomic mass is 32.1. The number of hydrogen-bond donors (Lipinski definition) is 1. The highest BCUT2D eigenvalue weighted by Crippen LogP contribution is 2.33. The smallest absolute Gasteiger partial charge is 0.231 e. The van der Waals surface area contributed by atoms with Gasteiger partial charge < -0.3 is 10.2 Å². The van der Waals surface area contributed by atoms with E-state index in [0.29, 0.717) is 12.5 Å². The summed E-state index contributed by atoms with van der Waals surface area (Å²) in [7, 11) is 0. The molecule has 1 aliphatic heterocycles. The first kappa shape index (κ1) is 18.7. The van der Waals surface area contributed by atoms with Gasteiger partial charge in [0.1, 0.15) is 5.01 Å². The summed E-state index contributed by atoms with van der Waals surface area (Å²) in [4.78, 5) is 19.6. The van der Waals surface area contributed by atoms with E-state index in [1.54, 1.807) is 11.3 Å². The Bertz CT molecular complexity index is 1010. The molecule has 28 heavy (non-hydrogen) atoms. The number of benzene rings is 2. The molecule has 1 atom stereocenters. The van der Waals surface area contributed by atoms with E-state index in [-0.39, 0.29) is 5.91 Å². The van der Waals surface area contributed by atoms with Crippen molar-refractivity contribution in [1.29, 1.82) is 0 Å². The number of aryl methyl sites for hydroxylation is 2. The molecule has 5 heteroatoms. The van der Waals surface area contributed by atoms with Crippen LogP contribution in [0.3, 0.4) is 0 Å². The molecule has 4 rings (SSSR count). The summed E-state index contributed by atoms with van der Waals surface area (Å²) in [6.45, 7) is 7.07. The molecule has 2 aromatic carbocycles. The fourth-order valence-corrected chi connectivity index (χ4v) is 4.53. The lowest BCUT2D eigenvalue weighted by Gasteiger charge is -2.23. The lowest BCUT2D eigenvalue weighted by molar-refractivity contribution is -0.115. The van der Waals surface area contributed by atoms with Crippen LogP contribution in [0.2, 0.25) is 0 Å². The Labute approximate surface area is 170 Å². The Morgan fingerprint density at radius 2 is 2.07 bits per heavy atom. The van der Waals surface area contributed by atoms with Crippen LogP contribution in [0.1, 0.15) is 34.3 Å². The SMILES string of the molecule is Cc1ccc(C)c(NC(=O)Cc2nc(CN3c4ccccc4CC3C)cs2)c1. The summed E-state index contributed by atoms with van der Waals surface area (Å²) < 4.78 is 0. The van der Waals surface area contributed by atoms with E-state index in [0.717, 1.165) is 40.5 Å². The molecular formula is C23H25N3OS. The van der Waals surface area contributed by atoms with Crippen LogP contribution in [0.4, 0.5) is 11.4 Å². The molecule has 1 aromatic heterocycles. The molecule has 1 amide bonds. The van der Waals surface area contributed by atoms with E-state index < -0.39 is 0 Å². The molecule has 1 N–H and O–H groups in total. The summed E-state index contributed by atoms with van der Waals surface area (Å²) in [5, 5.41) is 5.96. The van der Waals surface area contributed by atoms with Crippen LogP contribution in [0.25, 0.3) is 0 Å².